The van der Waals surface area contributed by atoms with Crippen LogP contribution < -0.4 is 10.6 Å². The van der Waals surface area contributed by atoms with Gasteiger partial charge >= 0.3 is 0 Å². The van der Waals surface area contributed by atoms with Gasteiger partial charge in [-0.25, -0.2) is 0 Å². The van der Waals surface area contributed by atoms with E-state index < -0.39 is 0 Å². The summed E-state index contributed by atoms with van der Waals surface area (Å²) in [7, 11) is 0. The molecule has 0 aliphatic carbocycles. The van der Waals surface area contributed by atoms with Crippen LogP contribution in [-0.4, -0.2) is 68.1 Å². The zero-order valence-electron chi connectivity index (χ0n) is 15.9. The molecule has 156 valence electrons. The molecule has 3 rings (SSSR count). The van der Waals surface area contributed by atoms with Crippen molar-refractivity contribution in [3.05, 3.63) is 35.9 Å². The number of halogens is 3. The van der Waals surface area contributed by atoms with Crippen LogP contribution in [0.4, 0.5) is 0 Å². The van der Waals surface area contributed by atoms with Gasteiger partial charge in [0, 0.05) is 51.7 Å². The van der Waals surface area contributed by atoms with Gasteiger partial charge in [0.2, 0.25) is 5.91 Å². The van der Waals surface area contributed by atoms with Crippen molar-refractivity contribution in [1.82, 2.24) is 20.4 Å². The first kappa shape index (κ1) is 26.4. The first-order chi connectivity index (χ1) is 11.7. The van der Waals surface area contributed by atoms with Crippen molar-refractivity contribution in [1.29, 1.82) is 0 Å². The van der Waals surface area contributed by atoms with Crippen LogP contribution in [0.25, 0.3) is 0 Å². The summed E-state index contributed by atoms with van der Waals surface area (Å²) in [5, 5.41) is 6.34. The minimum Gasteiger partial charge on any atom is -0.355 e. The monoisotopic (exact) mass is 438 g/mol. The quantitative estimate of drug-likeness (QED) is 0.682. The molecule has 2 N–H and O–H groups in total. The molecule has 1 unspecified atom stereocenters. The van der Waals surface area contributed by atoms with Crippen LogP contribution in [0.2, 0.25) is 0 Å². The molecule has 5 nitrogen and oxygen atoms in total. The van der Waals surface area contributed by atoms with Gasteiger partial charge in [-0.3, -0.25) is 14.6 Å². The number of nitrogens with one attached hydrogen (secondary N) is 2. The number of hydrogen-bond donors (Lipinski definition) is 2. The molecule has 2 aliphatic heterocycles. The Morgan fingerprint density at radius 3 is 2.22 bits per heavy atom. The van der Waals surface area contributed by atoms with Crippen LogP contribution in [0.1, 0.15) is 12.5 Å². The second-order valence-electron chi connectivity index (χ2n) is 7.10. The van der Waals surface area contributed by atoms with Crippen LogP contribution in [0.15, 0.2) is 30.3 Å². The minimum atomic E-state index is 0. The molecule has 2 fully saturated rings. The number of amides is 1. The van der Waals surface area contributed by atoms with Crippen molar-refractivity contribution in [2.24, 2.45) is 11.8 Å². The van der Waals surface area contributed by atoms with Crippen molar-refractivity contribution < 1.29 is 4.79 Å². The zero-order chi connectivity index (χ0) is 16.8. The summed E-state index contributed by atoms with van der Waals surface area (Å²) in [4.78, 5) is 17.1. The number of carbonyl (C=O) groups excluding carboxylic acids is 1. The molecule has 0 bridgehead atoms. The van der Waals surface area contributed by atoms with E-state index in [9.17, 15) is 4.79 Å². The fourth-order valence-electron chi connectivity index (χ4n) is 3.39. The number of rotatable bonds is 7. The average Bonchev–Trinajstić information content (AvgIpc) is 2.55. The van der Waals surface area contributed by atoms with Gasteiger partial charge in [0.25, 0.3) is 0 Å². The molecule has 2 aliphatic rings. The maximum absolute atomic E-state index is 12.1. The summed E-state index contributed by atoms with van der Waals surface area (Å²) in [6, 6.07) is 10.7. The van der Waals surface area contributed by atoms with Gasteiger partial charge in [0.1, 0.15) is 0 Å². The molecule has 8 heteroatoms. The largest absolute Gasteiger partial charge is 0.355 e. The Morgan fingerprint density at radius 1 is 1.07 bits per heavy atom. The van der Waals surface area contributed by atoms with Crippen molar-refractivity contribution >= 4 is 43.1 Å². The summed E-state index contributed by atoms with van der Waals surface area (Å²) in [5.74, 6) is 0.865. The molecule has 1 amide bonds. The predicted octanol–water partition coefficient (Wildman–Crippen LogP) is 2.04. The van der Waals surface area contributed by atoms with E-state index in [1.165, 1.54) is 5.56 Å². The van der Waals surface area contributed by atoms with Crippen LogP contribution in [0.5, 0.6) is 0 Å². The Balaban J connectivity index is 0.00000225. The molecular weight excluding hydrogens is 407 g/mol. The summed E-state index contributed by atoms with van der Waals surface area (Å²) in [5.41, 5.74) is 1.39. The second kappa shape index (κ2) is 13.6. The predicted molar refractivity (Wildman–Crippen MR) is 118 cm³/mol. The molecule has 2 saturated heterocycles. The smallest absolute Gasteiger partial charge is 0.223 e. The Labute approximate surface area is 181 Å². The van der Waals surface area contributed by atoms with Crippen LogP contribution in [0.3, 0.4) is 0 Å². The molecule has 27 heavy (non-hydrogen) atoms. The normalized spacial score (nSPS) is 18.9. The number of benzene rings is 1. The molecule has 1 atom stereocenters. The lowest BCUT2D eigenvalue weighted by atomic mass is 9.88. The fourth-order valence-corrected chi connectivity index (χ4v) is 3.39. The third-order valence-corrected chi connectivity index (χ3v) is 5.37. The molecule has 1 aromatic rings. The van der Waals surface area contributed by atoms with Gasteiger partial charge in [0.05, 0.1) is 0 Å². The van der Waals surface area contributed by atoms with E-state index in [0.717, 1.165) is 58.9 Å². The van der Waals surface area contributed by atoms with Crippen LogP contribution in [0, 0.1) is 11.8 Å². The Kier molecular flexibility index (Phi) is 13.3. The zero-order valence-corrected chi connectivity index (χ0v) is 18.4. The molecular formula is C19H33Cl3N4O. The molecule has 1 aromatic carbocycles. The first-order valence-electron chi connectivity index (χ1n) is 9.19. The number of carbonyl (C=O) groups is 1. The summed E-state index contributed by atoms with van der Waals surface area (Å²) in [6.45, 7) is 11.2. The van der Waals surface area contributed by atoms with Crippen LogP contribution in [-0.2, 0) is 11.3 Å². The van der Waals surface area contributed by atoms with Crippen LogP contribution >= 0.6 is 37.2 Å². The maximum Gasteiger partial charge on any atom is 0.223 e. The van der Waals surface area contributed by atoms with Gasteiger partial charge in [-0.1, -0.05) is 37.3 Å². The third kappa shape index (κ3) is 8.14. The number of nitrogens with zero attached hydrogens (tertiary/aromatic N) is 2. The Morgan fingerprint density at radius 2 is 1.67 bits per heavy atom. The Bertz CT molecular complexity index is 523. The highest BCUT2D eigenvalue weighted by Gasteiger charge is 2.28. The highest BCUT2D eigenvalue weighted by atomic mass is 35.5. The SMILES string of the molecule is CC(C(=O)NCCN1CCN(Cc2ccccc2)CC1)C1CNC1.Cl.Cl.Cl. The highest BCUT2D eigenvalue weighted by Crippen LogP contribution is 2.15. The van der Waals surface area contributed by atoms with Gasteiger partial charge in [-0.05, 0) is 24.6 Å². The summed E-state index contributed by atoms with van der Waals surface area (Å²) in [6.07, 6.45) is 0. The molecule has 2 heterocycles. The van der Waals surface area contributed by atoms with E-state index in [1.807, 2.05) is 6.92 Å². The fraction of sp³-hybridized carbons (Fsp3) is 0.632. The van der Waals surface area contributed by atoms with Crippen molar-refractivity contribution in [2.75, 3.05) is 52.4 Å². The van der Waals surface area contributed by atoms with E-state index in [-0.39, 0.29) is 49.0 Å². The van der Waals surface area contributed by atoms with Gasteiger partial charge in [-0.2, -0.15) is 0 Å². The van der Waals surface area contributed by atoms with Crippen molar-refractivity contribution in [3.8, 4) is 0 Å². The minimum absolute atomic E-state index is 0. The molecule has 0 radical (unpaired) electrons. The standard InChI is InChI=1S/C19H30N4O.3ClH/c1-16(18-13-20-14-18)19(24)21-7-8-22-9-11-23(12-10-22)15-17-5-3-2-4-6-17;;;/h2-6,16,18,20H,7-15H2,1H3,(H,21,24);3*1H. The van der Waals surface area contributed by atoms with E-state index in [2.05, 4.69) is 50.8 Å². The molecule has 0 spiro atoms. The lowest BCUT2D eigenvalue weighted by molar-refractivity contribution is -0.126. The van der Waals surface area contributed by atoms with Crippen molar-refractivity contribution in [3.63, 3.8) is 0 Å². The van der Waals surface area contributed by atoms with Crippen molar-refractivity contribution in [2.45, 2.75) is 13.5 Å². The molecule has 0 aromatic heterocycles. The van der Waals surface area contributed by atoms with Gasteiger partial charge in [0.15, 0.2) is 0 Å². The lowest BCUT2D eigenvalue weighted by Gasteiger charge is -2.35. The number of piperazine rings is 1. The number of hydrogen-bond acceptors (Lipinski definition) is 4. The van der Waals surface area contributed by atoms with Gasteiger partial charge in [-0.15, -0.1) is 37.2 Å². The summed E-state index contributed by atoms with van der Waals surface area (Å²) >= 11 is 0. The maximum atomic E-state index is 12.1. The van der Waals surface area contributed by atoms with Gasteiger partial charge < -0.3 is 10.6 Å². The average molecular weight is 440 g/mol. The van der Waals surface area contributed by atoms with E-state index in [1.54, 1.807) is 0 Å². The Hall–Kier alpha value is -0.560. The highest BCUT2D eigenvalue weighted by molar-refractivity contribution is 5.86. The van der Waals surface area contributed by atoms with E-state index >= 15 is 0 Å². The topological polar surface area (TPSA) is 47.6 Å². The third-order valence-electron chi connectivity index (χ3n) is 5.37. The lowest BCUT2D eigenvalue weighted by Crippen LogP contribution is -2.51. The second-order valence-corrected chi connectivity index (χ2v) is 7.10. The summed E-state index contributed by atoms with van der Waals surface area (Å²) < 4.78 is 0. The first-order valence-corrected chi connectivity index (χ1v) is 9.19. The van der Waals surface area contributed by atoms with E-state index in [4.69, 9.17) is 0 Å². The van der Waals surface area contributed by atoms with E-state index in [0.29, 0.717) is 5.92 Å². The molecule has 0 saturated carbocycles.